The zero-order valence-corrected chi connectivity index (χ0v) is 12.7. The molecule has 3 rings (SSSR count). The van der Waals surface area contributed by atoms with Crippen molar-refractivity contribution in [2.24, 2.45) is 5.41 Å². The van der Waals surface area contributed by atoms with Gasteiger partial charge in [0.05, 0.1) is 13.2 Å². The summed E-state index contributed by atoms with van der Waals surface area (Å²) in [5, 5.41) is 0. The highest BCUT2D eigenvalue weighted by atomic mass is 16.7. The molecule has 0 unspecified atom stereocenters. The first-order chi connectivity index (χ1) is 9.64. The van der Waals surface area contributed by atoms with Crippen LogP contribution in [0.25, 0.3) is 0 Å². The van der Waals surface area contributed by atoms with Gasteiger partial charge in [-0.3, -0.25) is 0 Å². The van der Waals surface area contributed by atoms with Crippen LogP contribution in [0.1, 0.15) is 69.3 Å². The second-order valence-electron chi connectivity index (χ2n) is 7.12. The van der Waals surface area contributed by atoms with Crippen LogP contribution < -0.4 is 0 Å². The lowest BCUT2D eigenvalue weighted by molar-refractivity contribution is -0.226. The van der Waals surface area contributed by atoms with Gasteiger partial charge < -0.3 is 9.47 Å². The minimum atomic E-state index is -0.177. The Bertz CT molecular complexity index is 419. The monoisotopic (exact) mass is 274 g/mol. The van der Waals surface area contributed by atoms with Crippen LogP contribution in [-0.2, 0) is 9.47 Å². The molecule has 0 bridgehead atoms. The van der Waals surface area contributed by atoms with Gasteiger partial charge in [-0.2, -0.15) is 0 Å². The lowest BCUT2D eigenvalue weighted by atomic mass is 9.84. The number of benzene rings is 1. The van der Waals surface area contributed by atoms with Crippen molar-refractivity contribution in [2.45, 2.75) is 58.2 Å². The van der Waals surface area contributed by atoms with Crippen molar-refractivity contribution in [3.63, 3.8) is 0 Å². The maximum atomic E-state index is 5.84. The van der Waals surface area contributed by atoms with Crippen LogP contribution in [0.5, 0.6) is 0 Å². The summed E-state index contributed by atoms with van der Waals surface area (Å²) in [7, 11) is 0. The van der Waals surface area contributed by atoms with Crippen molar-refractivity contribution in [3.8, 4) is 0 Å². The summed E-state index contributed by atoms with van der Waals surface area (Å²) in [5.41, 5.74) is 2.78. The molecule has 1 aromatic rings. The fraction of sp³-hybridized carbons (Fsp3) is 0.667. The molecule has 1 aliphatic heterocycles. The molecule has 2 aliphatic rings. The molecular formula is C18H26O2. The summed E-state index contributed by atoms with van der Waals surface area (Å²) in [6.07, 6.45) is 6.71. The second kappa shape index (κ2) is 5.87. The van der Waals surface area contributed by atoms with E-state index in [1.54, 1.807) is 0 Å². The summed E-state index contributed by atoms with van der Waals surface area (Å²) >= 11 is 0. The van der Waals surface area contributed by atoms with Crippen LogP contribution in [0.4, 0.5) is 0 Å². The van der Waals surface area contributed by atoms with Crippen molar-refractivity contribution in [1.82, 2.24) is 0 Å². The third-order valence-corrected chi connectivity index (χ3v) is 4.54. The first-order valence-corrected chi connectivity index (χ1v) is 7.97. The Hall–Kier alpha value is -0.860. The van der Waals surface area contributed by atoms with E-state index in [0.717, 1.165) is 24.7 Å². The van der Waals surface area contributed by atoms with Gasteiger partial charge in [-0.25, -0.2) is 0 Å². The molecule has 0 atom stereocenters. The highest BCUT2D eigenvalue weighted by Crippen LogP contribution is 2.35. The summed E-state index contributed by atoms with van der Waals surface area (Å²) in [5.74, 6) is 0.768. The SMILES string of the molecule is CC1(C)COC(c2ccc(C3CCCCC3)cc2)OC1. The Labute approximate surface area is 122 Å². The van der Waals surface area contributed by atoms with E-state index in [4.69, 9.17) is 9.47 Å². The average Bonchev–Trinajstić information content (AvgIpc) is 2.48. The highest BCUT2D eigenvalue weighted by molar-refractivity contribution is 5.26. The largest absolute Gasteiger partial charge is 0.348 e. The Morgan fingerprint density at radius 1 is 0.850 bits per heavy atom. The standard InChI is InChI=1S/C18H26O2/c1-18(2)12-19-17(20-13-18)16-10-8-15(9-11-16)14-6-4-3-5-7-14/h8-11,14,17H,3-7,12-13H2,1-2H3. The van der Waals surface area contributed by atoms with Crippen LogP contribution in [-0.4, -0.2) is 13.2 Å². The van der Waals surface area contributed by atoms with Crippen LogP contribution in [0.3, 0.4) is 0 Å². The van der Waals surface area contributed by atoms with Crippen LogP contribution in [0.15, 0.2) is 24.3 Å². The summed E-state index contributed by atoms with van der Waals surface area (Å²) in [6.45, 7) is 5.88. The predicted octanol–water partition coefficient (Wildman–Crippen LogP) is 4.81. The summed E-state index contributed by atoms with van der Waals surface area (Å²) in [4.78, 5) is 0. The van der Waals surface area contributed by atoms with Gasteiger partial charge in [0.1, 0.15) is 0 Å². The quantitative estimate of drug-likeness (QED) is 0.770. The lowest BCUT2D eigenvalue weighted by Gasteiger charge is -2.34. The van der Waals surface area contributed by atoms with Crippen molar-refractivity contribution in [1.29, 1.82) is 0 Å². The highest BCUT2D eigenvalue weighted by Gasteiger charge is 2.29. The van der Waals surface area contributed by atoms with Gasteiger partial charge in [0.15, 0.2) is 6.29 Å². The lowest BCUT2D eigenvalue weighted by Crippen LogP contribution is -2.33. The Balaban J connectivity index is 1.64. The first-order valence-electron chi connectivity index (χ1n) is 7.97. The average molecular weight is 274 g/mol. The van der Waals surface area contributed by atoms with E-state index in [0.29, 0.717) is 0 Å². The second-order valence-corrected chi connectivity index (χ2v) is 7.12. The molecule has 2 fully saturated rings. The fourth-order valence-corrected chi connectivity index (χ4v) is 3.25. The van der Waals surface area contributed by atoms with Crippen LogP contribution in [0, 0.1) is 5.41 Å². The molecule has 1 saturated carbocycles. The zero-order valence-electron chi connectivity index (χ0n) is 12.7. The van der Waals surface area contributed by atoms with E-state index < -0.39 is 0 Å². The number of rotatable bonds is 2. The molecular weight excluding hydrogens is 248 g/mol. The van der Waals surface area contributed by atoms with E-state index in [-0.39, 0.29) is 11.7 Å². The molecule has 1 saturated heterocycles. The topological polar surface area (TPSA) is 18.5 Å². The molecule has 1 aliphatic carbocycles. The van der Waals surface area contributed by atoms with Gasteiger partial charge in [0.2, 0.25) is 0 Å². The van der Waals surface area contributed by atoms with Crippen molar-refractivity contribution >= 4 is 0 Å². The molecule has 0 spiro atoms. The van der Waals surface area contributed by atoms with E-state index in [9.17, 15) is 0 Å². The Morgan fingerprint density at radius 2 is 1.40 bits per heavy atom. The third-order valence-electron chi connectivity index (χ3n) is 4.54. The maximum absolute atomic E-state index is 5.84. The predicted molar refractivity (Wildman–Crippen MR) is 80.7 cm³/mol. The smallest absolute Gasteiger partial charge is 0.183 e. The van der Waals surface area contributed by atoms with Gasteiger partial charge in [0, 0.05) is 11.0 Å². The fourth-order valence-electron chi connectivity index (χ4n) is 3.25. The summed E-state index contributed by atoms with van der Waals surface area (Å²) in [6, 6.07) is 8.93. The molecule has 0 aromatic heterocycles. The maximum Gasteiger partial charge on any atom is 0.183 e. The minimum absolute atomic E-state index is 0.137. The molecule has 2 heteroatoms. The number of ether oxygens (including phenoxy) is 2. The normalized spacial score (nSPS) is 24.7. The molecule has 110 valence electrons. The van der Waals surface area contributed by atoms with E-state index in [1.807, 2.05) is 0 Å². The van der Waals surface area contributed by atoms with Gasteiger partial charge in [0.25, 0.3) is 0 Å². The first kappa shape index (κ1) is 14.1. The van der Waals surface area contributed by atoms with Gasteiger partial charge in [-0.05, 0) is 24.3 Å². The Morgan fingerprint density at radius 3 is 2.00 bits per heavy atom. The molecule has 2 nitrogen and oxygen atoms in total. The molecule has 20 heavy (non-hydrogen) atoms. The molecule has 1 heterocycles. The third kappa shape index (κ3) is 3.24. The Kier molecular flexibility index (Phi) is 4.13. The zero-order chi connectivity index (χ0) is 14.0. The van der Waals surface area contributed by atoms with Crippen LogP contribution >= 0.6 is 0 Å². The van der Waals surface area contributed by atoms with Crippen molar-refractivity contribution < 1.29 is 9.47 Å². The molecule has 0 amide bonds. The van der Waals surface area contributed by atoms with Gasteiger partial charge in [-0.1, -0.05) is 57.4 Å². The molecule has 0 N–H and O–H groups in total. The van der Waals surface area contributed by atoms with E-state index in [1.165, 1.54) is 37.7 Å². The van der Waals surface area contributed by atoms with Crippen molar-refractivity contribution in [3.05, 3.63) is 35.4 Å². The molecule has 0 radical (unpaired) electrons. The number of hydrogen-bond acceptors (Lipinski definition) is 2. The number of hydrogen-bond donors (Lipinski definition) is 0. The van der Waals surface area contributed by atoms with Gasteiger partial charge in [-0.15, -0.1) is 0 Å². The minimum Gasteiger partial charge on any atom is -0.348 e. The van der Waals surface area contributed by atoms with Crippen LogP contribution in [0.2, 0.25) is 0 Å². The summed E-state index contributed by atoms with van der Waals surface area (Å²) < 4.78 is 11.7. The van der Waals surface area contributed by atoms with Crippen molar-refractivity contribution in [2.75, 3.05) is 13.2 Å². The van der Waals surface area contributed by atoms with E-state index in [2.05, 4.69) is 38.1 Å². The van der Waals surface area contributed by atoms with E-state index >= 15 is 0 Å². The molecule has 1 aromatic carbocycles. The van der Waals surface area contributed by atoms with Gasteiger partial charge >= 0.3 is 0 Å².